The number of amides is 1. The number of nitrogens with two attached hydrogens (primary N) is 1. The molecule has 144 valence electrons. The minimum atomic E-state index is -4.64. The molecule has 0 spiro atoms. The van der Waals surface area contributed by atoms with Crippen molar-refractivity contribution in [3.8, 4) is 11.4 Å². The average molecular weight is 408 g/mol. The van der Waals surface area contributed by atoms with E-state index in [9.17, 15) is 18.0 Å². The van der Waals surface area contributed by atoms with Crippen LogP contribution < -0.4 is 11.1 Å². The molecule has 0 saturated carbocycles. The van der Waals surface area contributed by atoms with Crippen molar-refractivity contribution in [2.45, 2.75) is 12.6 Å². The van der Waals surface area contributed by atoms with Crippen LogP contribution >= 0.6 is 11.6 Å². The van der Waals surface area contributed by atoms with Crippen molar-refractivity contribution >= 4 is 29.0 Å². The smallest absolute Gasteiger partial charge is 0.369 e. The monoisotopic (exact) mass is 407 g/mol. The lowest BCUT2D eigenvalue weighted by atomic mass is 10.2. The maximum absolute atomic E-state index is 13.3. The highest BCUT2D eigenvalue weighted by atomic mass is 35.5. The summed E-state index contributed by atoms with van der Waals surface area (Å²) < 4.78 is 39.8. The summed E-state index contributed by atoms with van der Waals surface area (Å²) in [6.45, 7) is 0. The van der Waals surface area contributed by atoms with Gasteiger partial charge in [0.05, 0.1) is 6.42 Å². The van der Waals surface area contributed by atoms with Crippen LogP contribution in [0.1, 0.15) is 11.3 Å². The predicted molar refractivity (Wildman–Crippen MR) is 100 cm³/mol. The van der Waals surface area contributed by atoms with Crippen LogP contribution in [0.2, 0.25) is 5.02 Å². The molecule has 0 aliphatic carbocycles. The molecule has 1 amide bonds. The van der Waals surface area contributed by atoms with Crippen molar-refractivity contribution in [2.24, 2.45) is 5.73 Å². The highest BCUT2D eigenvalue weighted by Gasteiger charge is 2.34. The molecule has 0 aliphatic heterocycles. The van der Waals surface area contributed by atoms with E-state index in [4.69, 9.17) is 17.3 Å². The van der Waals surface area contributed by atoms with Gasteiger partial charge in [-0.15, -0.1) is 0 Å². The summed E-state index contributed by atoms with van der Waals surface area (Å²) in [5.74, 6) is -0.609. The summed E-state index contributed by atoms with van der Waals surface area (Å²) in [6, 6.07) is 13.6. The molecule has 0 saturated heterocycles. The zero-order valence-electron chi connectivity index (χ0n) is 14.3. The Balaban J connectivity index is 1.96. The van der Waals surface area contributed by atoms with Crippen LogP contribution in [0, 0.1) is 0 Å². The van der Waals surface area contributed by atoms with Crippen LogP contribution in [-0.2, 0) is 17.4 Å². The second-order valence-corrected chi connectivity index (χ2v) is 6.37. The molecule has 3 aromatic rings. The molecule has 3 rings (SSSR count). The summed E-state index contributed by atoms with van der Waals surface area (Å²) >= 11 is 5.92. The van der Waals surface area contributed by atoms with Gasteiger partial charge in [0, 0.05) is 22.3 Å². The molecule has 3 N–H and O–H groups in total. The largest absolute Gasteiger partial charge is 0.433 e. The third-order valence-electron chi connectivity index (χ3n) is 3.70. The summed E-state index contributed by atoms with van der Waals surface area (Å²) in [7, 11) is 0. The van der Waals surface area contributed by atoms with Crippen molar-refractivity contribution < 1.29 is 18.0 Å². The topological polar surface area (TPSA) is 80.9 Å². The number of carbonyl (C=O) groups excluding carboxylic acids is 1. The number of benzene rings is 2. The Morgan fingerprint density at radius 2 is 1.79 bits per heavy atom. The van der Waals surface area contributed by atoms with Gasteiger partial charge >= 0.3 is 6.18 Å². The normalized spacial score (nSPS) is 11.3. The van der Waals surface area contributed by atoms with Gasteiger partial charge in [0.25, 0.3) is 0 Å². The maximum atomic E-state index is 13.3. The maximum Gasteiger partial charge on any atom is 0.433 e. The quantitative estimate of drug-likeness (QED) is 0.606. The first-order valence-corrected chi connectivity index (χ1v) is 8.45. The fourth-order valence-electron chi connectivity index (χ4n) is 2.47. The van der Waals surface area contributed by atoms with E-state index >= 15 is 0 Å². The van der Waals surface area contributed by atoms with Gasteiger partial charge in [0.15, 0.2) is 11.5 Å². The van der Waals surface area contributed by atoms with Crippen LogP contribution in [0.15, 0.2) is 54.6 Å². The number of hydrogen-bond donors (Lipinski definition) is 2. The van der Waals surface area contributed by atoms with Crippen molar-refractivity contribution in [1.82, 2.24) is 9.97 Å². The number of halogens is 4. The third kappa shape index (κ3) is 4.98. The Kier molecular flexibility index (Phi) is 5.51. The van der Waals surface area contributed by atoms with Crippen LogP contribution in [0.25, 0.3) is 11.4 Å². The second-order valence-electron chi connectivity index (χ2n) is 5.94. The number of nitrogens with one attached hydrogen (secondary N) is 1. The molecule has 0 fully saturated rings. The van der Waals surface area contributed by atoms with Gasteiger partial charge < -0.3 is 11.1 Å². The number of alkyl halides is 3. The van der Waals surface area contributed by atoms with Crippen molar-refractivity contribution in [1.29, 1.82) is 0 Å². The number of nitrogens with zero attached hydrogens (tertiary/aromatic N) is 2. The van der Waals surface area contributed by atoms with E-state index in [0.717, 1.165) is 6.07 Å². The zero-order chi connectivity index (χ0) is 20.3. The van der Waals surface area contributed by atoms with E-state index in [2.05, 4.69) is 15.3 Å². The Bertz CT molecular complexity index is 1010. The summed E-state index contributed by atoms with van der Waals surface area (Å²) in [5, 5.41) is 3.18. The minimum Gasteiger partial charge on any atom is -0.369 e. The van der Waals surface area contributed by atoms with Crippen LogP contribution in [0.3, 0.4) is 0 Å². The van der Waals surface area contributed by atoms with Crippen molar-refractivity contribution in [3.05, 3.63) is 70.9 Å². The van der Waals surface area contributed by atoms with Crippen molar-refractivity contribution in [3.63, 3.8) is 0 Å². The lowest BCUT2D eigenvalue weighted by Crippen LogP contribution is -2.13. The van der Waals surface area contributed by atoms with E-state index < -0.39 is 17.8 Å². The molecule has 0 bridgehead atoms. The van der Waals surface area contributed by atoms with E-state index in [-0.39, 0.29) is 18.1 Å². The molecule has 0 atom stereocenters. The Morgan fingerprint density at radius 1 is 1.07 bits per heavy atom. The minimum absolute atomic E-state index is 0.0278. The average Bonchev–Trinajstić information content (AvgIpc) is 2.62. The number of carbonyl (C=O) groups is 1. The first-order valence-electron chi connectivity index (χ1n) is 8.07. The SMILES string of the molecule is N[13C](=O)Cc1ccc(Nc2cc(C(F)(F)F)nc(-c3cccc(Cl)c3)n2)cc1. The molecule has 0 aliphatic rings. The van der Waals surface area contributed by atoms with Gasteiger partial charge in [-0.25, -0.2) is 9.97 Å². The second kappa shape index (κ2) is 7.85. The van der Waals surface area contributed by atoms with Gasteiger partial charge in [-0.2, -0.15) is 13.2 Å². The number of primary amides is 1. The van der Waals surface area contributed by atoms with E-state index in [1.54, 1.807) is 42.5 Å². The van der Waals surface area contributed by atoms with Crippen LogP contribution in [0.4, 0.5) is 24.7 Å². The number of hydrogen-bond acceptors (Lipinski definition) is 4. The van der Waals surface area contributed by atoms with Gasteiger partial charge in [-0.05, 0) is 29.8 Å². The molecule has 2 aromatic carbocycles. The first kappa shape index (κ1) is 19.6. The molecule has 1 heterocycles. The van der Waals surface area contributed by atoms with Crippen LogP contribution in [0.5, 0.6) is 0 Å². The summed E-state index contributed by atoms with van der Waals surface area (Å²) in [5.41, 5.74) is 5.61. The number of anilines is 2. The van der Waals surface area contributed by atoms with Gasteiger partial charge in [0.2, 0.25) is 5.91 Å². The fraction of sp³-hybridized carbons (Fsp3) is 0.105. The van der Waals surface area contributed by atoms with Crippen molar-refractivity contribution in [2.75, 3.05) is 5.32 Å². The molecule has 0 radical (unpaired) electrons. The van der Waals surface area contributed by atoms with Gasteiger partial charge in [0.1, 0.15) is 5.82 Å². The zero-order valence-corrected chi connectivity index (χ0v) is 15.1. The van der Waals surface area contributed by atoms with Crippen LogP contribution in [-0.4, -0.2) is 15.9 Å². The van der Waals surface area contributed by atoms with E-state index in [0.29, 0.717) is 21.8 Å². The van der Waals surface area contributed by atoms with Gasteiger partial charge in [-0.3, -0.25) is 4.79 Å². The molecule has 28 heavy (non-hydrogen) atoms. The Morgan fingerprint density at radius 3 is 2.39 bits per heavy atom. The fourth-order valence-corrected chi connectivity index (χ4v) is 2.66. The number of aromatic nitrogens is 2. The standard InChI is InChI=1S/C19H14ClF3N4O/c20-13-3-1-2-12(9-13)18-26-15(19(21,22)23)10-17(27-18)25-14-6-4-11(5-7-14)8-16(24)28/h1-7,9-10H,8H2,(H2,24,28)(H,25,26,27)/i16+1. The highest BCUT2D eigenvalue weighted by Crippen LogP contribution is 2.32. The summed E-state index contributed by atoms with van der Waals surface area (Å²) in [6.07, 6.45) is -4.57. The van der Waals surface area contributed by atoms with E-state index in [1.807, 2.05) is 0 Å². The lowest BCUT2D eigenvalue weighted by Gasteiger charge is -2.12. The Hall–Kier alpha value is -3.13. The number of rotatable bonds is 5. The molecule has 5 nitrogen and oxygen atoms in total. The first-order chi connectivity index (χ1) is 13.2. The molecule has 0 unspecified atom stereocenters. The molecule has 1 aromatic heterocycles. The molecule has 9 heteroatoms. The highest BCUT2D eigenvalue weighted by molar-refractivity contribution is 6.30. The summed E-state index contributed by atoms with van der Waals surface area (Å²) in [4.78, 5) is 18.7. The molecular formula is C19H14ClF3N4O. The van der Waals surface area contributed by atoms with Gasteiger partial charge in [-0.1, -0.05) is 35.9 Å². The lowest BCUT2D eigenvalue weighted by molar-refractivity contribution is -0.141. The molecular weight excluding hydrogens is 394 g/mol. The Labute approximate surface area is 163 Å². The third-order valence-corrected chi connectivity index (χ3v) is 3.94. The predicted octanol–water partition coefficient (Wildman–Crippen LogP) is 4.59. The van der Waals surface area contributed by atoms with E-state index in [1.165, 1.54) is 6.07 Å².